The molecule has 1 aliphatic rings. The van der Waals surface area contributed by atoms with Crippen molar-refractivity contribution in [1.29, 1.82) is 0 Å². The van der Waals surface area contributed by atoms with Gasteiger partial charge in [0.1, 0.15) is 0 Å². The van der Waals surface area contributed by atoms with Crippen LogP contribution in [0.3, 0.4) is 0 Å². The molecule has 0 radical (unpaired) electrons. The van der Waals surface area contributed by atoms with Gasteiger partial charge in [0.2, 0.25) is 5.95 Å². The standard InChI is InChI=1S/C13H10F3N3/c14-9-3-7(4-10(15)11(9)16)8-2-1-6-5-18-13(17)19-12(6)8/h3-5,8H,1-2H2,(H2,17,18,19). The first kappa shape index (κ1) is 12.0. The van der Waals surface area contributed by atoms with Crippen LogP contribution in [-0.2, 0) is 6.42 Å². The Kier molecular flexibility index (Phi) is 2.66. The largest absolute Gasteiger partial charge is 0.368 e. The van der Waals surface area contributed by atoms with Crippen molar-refractivity contribution >= 4 is 5.95 Å². The molecular formula is C13H10F3N3. The fourth-order valence-corrected chi connectivity index (χ4v) is 2.47. The maximum Gasteiger partial charge on any atom is 0.220 e. The summed E-state index contributed by atoms with van der Waals surface area (Å²) in [6.45, 7) is 0. The van der Waals surface area contributed by atoms with Crippen LogP contribution in [0.15, 0.2) is 18.3 Å². The summed E-state index contributed by atoms with van der Waals surface area (Å²) in [4.78, 5) is 8.01. The van der Waals surface area contributed by atoms with Crippen molar-refractivity contribution in [3.8, 4) is 0 Å². The molecule has 1 aliphatic carbocycles. The van der Waals surface area contributed by atoms with E-state index >= 15 is 0 Å². The summed E-state index contributed by atoms with van der Waals surface area (Å²) in [6, 6.07) is 2.02. The topological polar surface area (TPSA) is 51.8 Å². The van der Waals surface area contributed by atoms with Crippen molar-refractivity contribution in [1.82, 2.24) is 9.97 Å². The van der Waals surface area contributed by atoms with Gasteiger partial charge in [-0.25, -0.2) is 23.1 Å². The van der Waals surface area contributed by atoms with Crippen LogP contribution < -0.4 is 5.73 Å². The first-order valence-electron chi connectivity index (χ1n) is 5.82. The molecule has 1 atom stereocenters. The number of hydrogen-bond donors (Lipinski definition) is 1. The number of nitrogens with zero attached hydrogens (tertiary/aromatic N) is 2. The summed E-state index contributed by atoms with van der Waals surface area (Å²) in [7, 11) is 0. The van der Waals surface area contributed by atoms with Crippen molar-refractivity contribution in [3.63, 3.8) is 0 Å². The van der Waals surface area contributed by atoms with Gasteiger partial charge in [-0.1, -0.05) is 0 Å². The SMILES string of the molecule is Nc1ncc2c(n1)C(c1cc(F)c(F)c(F)c1)CC2. The lowest BCUT2D eigenvalue weighted by atomic mass is 9.96. The lowest BCUT2D eigenvalue weighted by Gasteiger charge is -2.12. The smallest absolute Gasteiger partial charge is 0.220 e. The molecule has 3 nitrogen and oxygen atoms in total. The van der Waals surface area contributed by atoms with Crippen molar-refractivity contribution < 1.29 is 13.2 Å². The van der Waals surface area contributed by atoms with E-state index in [0.717, 1.165) is 17.7 Å². The number of aryl methyl sites for hydroxylation is 1. The third-order valence-electron chi connectivity index (χ3n) is 3.36. The number of aromatic nitrogens is 2. The Bertz CT molecular complexity index is 635. The van der Waals surface area contributed by atoms with Gasteiger partial charge in [-0.3, -0.25) is 0 Å². The van der Waals surface area contributed by atoms with E-state index in [-0.39, 0.29) is 11.9 Å². The van der Waals surface area contributed by atoms with Gasteiger partial charge in [-0.15, -0.1) is 0 Å². The predicted molar refractivity (Wildman–Crippen MR) is 62.9 cm³/mol. The number of rotatable bonds is 1. The molecule has 2 aromatic rings. The maximum atomic E-state index is 13.3. The van der Waals surface area contributed by atoms with Gasteiger partial charge in [0.15, 0.2) is 17.5 Å². The van der Waals surface area contributed by atoms with E-state index in [2.05, 4.69) is 9.97 Å². The fraction of sp³-hybridized carbons (Fsp3) is 0.231. The molecule has 1 heterocycles. The van der Waals surface area contributed by atoms with E-state index in [9.17, 15) is 13.2 Å². The molecule has 1 unspecified atom stereocenters. The molecule has 0 saturated heterocycles. The van der Waals surface area contributed by atoms with Crippen LogP contribution in [0.2, 0.25) is 0 Å². The van der Waals surface area contributed by atoms with Crippen LogP contribution in [0, 0.1) is 17.5 Å². The molecule has 1 aromatic carbocycles. The second kappa shape index (κ2) is 4.22. The predicted octanol–water partition coefficient (Wildman–Crippen LogP) is 2.55. The van der Waals surface area contributed by atoms with Gasteiger partial charge in [-0.05, 0) is 36.1 Å². The van der Waals surface area contributed by atoms with Gasteiger partial charge in [-0.2, -0.15) is 0 Å². The minimum absolute atomic E-state index is 0.119. The van der Waals surface area contributed by atoms with E-state index in [4.69, 9.17) is 5.73 Å². The molecule has 2 N–H and O–H groups in total. The molecule has 6 heteroatoms. The second-order valence-corrected chi connectivity index (χ2v) is 4.53. The molecule has 98 valence electrons. The molecule has 0 saturated carbocycles. The van der Waals surface area contributed by atoms with Gasteiger partial charge in [0, 0.05) is 12.1 Å². The zero-order chi connectivity index (χ0) is 13.6. The van der Waals surface area contributed by atoms with Gasteiger partial charge in [0.05, 0.1) is 5.69 Å². The highest BCUT2D eigenvalue weighted by Crippen LogP contribution is 2.37. The Balaban J connectivity index is 2.09. The lowest BCUT2D eigenvalue weighted by molar-refractivity contribution is 0.444. The van der Waals surface area contributed by atoms with Gasteiger partial charge in [0.25, 0.3) is 0 Å². The molecule has 0 bridgehead atoms. The summed E-state index contributed by atoms with van der Waals surface area (Å²) in [5, 5.41) is 0. The van der Waals surface area contributed by atoms with E-state index in [1.54, 1.807) is 6.20 Å². The number of halogens is 3. The monoisotopic (exact) mass is 265 g/mol. The van der Waals surface area contributed by atoms with E-state index in [1.807, 2.05) is 0 Å². The molecule has 0 amide bonds. The van der Waals surface area contributed by atoms with Crippen molar-refractivity contribution in [2.24, 2.45) is 0 Å². The normalized spacial score (nSPS) is 17.5. The number of benzene rings is 1. The molecule has 3 rings (SSSR count). The van der Waals surface area contributed by atoms with Gasteiger partial charge < -0.3 is 5.73 Å². The molecule has 0 fully saturated rings. The van der Waals surface area contributed by atoms with Gasteiger partial charge >= 0.3 is 0 Å². The Labute approximate surface area is 107 Å². The Morgan fingerprint density at radius 3 is 2.53 bits per heavy atom. The van der Waals surface area contributed by atoms with Crippen LogP contribution in [0.4, 0.5) is 19.1 Å². The molecule has 1 aromatic heterocycles. The average Bonchev–Trinajstić information content (AvgIpc) is 2.78. The maximum absolute atomic E-state index is 13.3. The Morgan fingerprint density at radius 1 is 1.16 bits per heavy atom. The second-order valence-electron chi connectivity index (χ2n) is 4.53. The zero-order valence-corrected chi connectivity index (χ0v) is 9.83. The summed E-state index contributed by atoms with van der Waals surface area (Å²) < 4.78 is 39.5. The van der Waals surface area contributed by atoms with E-state index in [0.29, 0.717) is 24.1 Å². The van der Waals surface area contributed by atoms with Crippen LogP contribution in [0.5, 0.6) is 0 Å². The minimum Gasteiger partial charge on any atom is -0.368 e. The molecule has 0 spiro atoms. The number of nitrogens with two attached hydrogens (primary N) is 1. The number of hydrogen-bond acceptors (Lipinski definition) is 3. The average molecular weight is 265 g/mol. The van der Waals surface area contributed by atoms with Crippen molar-refractivity contribution in [2.75, 3.05) is 5.73 Å². The summed E-state index contributed by atoms with van der Waals surface area (Å²) in [6.07, 6.45) is 2.98. The summed E-state index contributed by atoms with van der Waals surface area (Å²) >= 11 is 0. The molecular weight excluding hydrogens is 255 g/mol. The Hall–Kier alpha value is -2.11. The van der Waals surface area contributed by atoms with E-state index < -0.39 is 17.5 Å². The molecule has 0 aliphatic heterocycles. The number of fused-ring (bicyclic) bond motifs is 1. The number of anilines is 1. The van der Waals surface area contributed by atoms with Crippen LogP contribution in [0.1, 0.15) is 29.2 Å². The first-order valence-corrected chi connectivity index (χ1v) is 5.82. The van der Waals surface area contributed by atoms with E-state index in [1.165, 1.54) is 0 Å². The van der Waals surface area contributed by atoms with Crippen LogP contribution >= 0.6 is 0 Å². The first-order chi connectivity index (χ1) is 9.06. The quantitative estimate of drug-likeness (QED) is 0.806. The summed E-state index contributed by atoms with van der Waals surface area (Å²) in [5.74, 6) is -3.99. The molecule has 19 heavy (non-hydrogen) atoms. The fourth-order valence-electron chi connectivity index (χ4n) is 2.47. The highest BCUT2D eigenvalue weighted by Gasteiger charge is 2.28. The zero-order valence-electron chi connectivity index (χ0n) is 9.83. The lowest BCUT2D eigenvalue weighted by Crippen LogP contribution is -2.05. The highest BCUT2D eigenvalue weighted by molar-refractivity contribution is 5.39. The minimum atomic E-state index is -1.45. The van der Waals surface area contributed by atoms with Crippen LogP contribution in [0.25, 0.3) is 0 Å². The third kappa shape index (κ3) is 1.93. The van der Waals surface area contributed by atoms with Crippen molar-refractivity contribution in [2.45, 2.75) is 18.8 Å². The Morgan fingerprint density at radius 2 is 1.84 bits per heavy atom. The van der Waals surface area contributed by atoms with Crippen molar-refractivity contribution in [3.05, 3.63) is 52.6 Å². The highest BCUT2D eigenvalue weighted by atomic mass is 19.2. The van der Waals surface area contributed by atoms with Crippen LogP contribution in [-0.4, -0.2) is 9.97 Å². The third-order valence-corrected chi connectivity index (χ3v) is 3.36. The summed E-state index contributed by atoms with van der Waals surface area (Å²) in [5.41, 5.74) is 7.46. The number of nitrogen functional groups attached to an aromatic ring is 1.